The van der Waals surface area contributed by atoms with Gasteiger partial charge >= 0.3 is 0 Å². The van der Waals surface area contributed by atoms with Crippen molar-refractivity contribution in [2.24, 2.45) is 5.92 Å². The quantitative estimate of drug-likeness (QED) is 0.854. The van der Waals surface area contributed by atoms with Crippen LogP contribution in [0.25, 0.3) is 0 Å². The number of anilines is 1. The molecule has 138 valence electrons. The van der Waals surface area contributed by atoms with Crippen LogP contribution in [0.5, 0.6) is 0 Å². The third-order valence-corrected chi connectivity index (χ3v) is 5.41. The van der Waals surface area contributed by atoms with Gasteiger partial charge in [-0.2, -0.15) is 0 Å². The smallest absolute Gasteiger partial charge is 0.223 e. The molecule has 0 spiro atoms. The van der Waals surface area contributed by atoms with Crippen molar-refractivity contribution in [2.45, 2.75) is 38.8 Å². The van der Waals surface area contributed by atoms with E-state index in [9.17, 15) is 4.79 Å². The molecule has 2 fully saturated rings. The highest BCUT2D eigenvalue weighted by Crippen LogP contribution is 2.17. The molecule has 5 nitrogen and oxygen atoms in total. The number of hydrogen-bond donors (Lipinski definition) is 2. The Morgan fingerprint density at radius 1 is 1.24 bits per heavy atom. The van der Waals surface area contributed by atoms with Crippen molar-refractivity contribution < 1.29 is 4.79 Å². The number of piperidine rings is 1. The van der Waals surface area contributed by atoms with Crippen LogP contribution in [0.2, 0.25) is 0 Å². The van der Waals surface area contributed by atoms with Crippen molar-refractivity contribution in [3.63, 3.8) is 0 Å². The fourth-order valence-electron chi connectivity index (χ4n) is 3.99. The third-order valence-electron chi connectivity index (χ3n) is 5.41. The largest absolute Gasteiger partial charge is 0.369 e. The Kier molecular flexibility index (Phi) is 6.32. The van der Waals surface area contributed by atoms with Crippen LogP contribution < -0.4 is 15.5 Å². The van der Waals surface area contributed by atoms with Crippen LogP contribution >= 0.6 is 0 Å². The van der Waals surface area contributed by atoms with Crippen LogP contribution in [0.15, 0.2) is 30.3 Å². The predicted octanol–water partition coefficient (Wildman–Crippen LogP) is 1.70. The van der Waals surface area contributed by atoms with Gasteiger partial charge in [0.05, 0.1) is 0 Å². The number of piperazine rings is 1. The monoisotopic (exact) mass is 344 g/mol. The molecular formula is C20H32N4O. The van der Waals surface area contributed by atoms with E-state index in [1.165, 1.54) is 5.69 Å². The predicted molar refractivity (Wildman–Crippen MR) is 103 cm³/mol. The van der Waals surface area contributed by atoms with Crippen molar-refractivity contribution >= 4 is 11.6 Å². The zero-order chi connectivity index (χ0) is 17.6. The molecule has 2 aliphatic heterocycles. The van der Waals surface area contributed by atoms with Gasteiger partial charge in [0.2, 0.25) is 5.91 Å². The Morgan fingerprint density at radius 2 is 1.96 bits per heavy atom. The molecule has 25 heavy (non-hydrogen) atoms. The second-order valence-corrected chi connectivity index (χ2v) is 7.61. The molecule has 0 radical (unpaired) electrons. The summed E-state index contributed by atoms with van der Waals surface area (Å²) in [6.45, 7) is 10.4. The third kappa shape index (κ3) is 5.19. The van der Waals surface area contributed by atoms with E-state index < -0.39 is 0 Å². The van der Waals surface area contributed by atoms with E-state index in [2.05, 4.69) is 64.6 Å². The molecule has 2 N–H and O–H groups in total. The first-order chi connectivity index (χ1) is 12.1. The maximum atomic E-state index is 12.5. The molecule has 2 heterocycles. The van der Waals surface area contributed by atoms with E-state index in [0.29, 0.717) is 6.04 Å². The zero-order valence-corrected chi connectivity index (χ0v) is 15.6. The highest BCUT2D eigenvalue weighted by atomic mass is 16.1. The minimum absolute atomic E-state index is 0.175. The van der Waals surface area contributed by atoms with Gasteiger partial charge in [0.1, 0.15) is 0 Å². The Morgan fingerprint density at radius 3 is 2.64 bits per heavy atom. The molecule has 3 rings (SSSR count). The molecule has 1 unspecified atom stereocenters. The summed E-state index contributed by atoms with van der Waals surface area (Å²) in [6, 6.07) is 11.3. The minimum atomic E-state index is 0.175. The number of carbonyl (C=O) groups is 1. The van der Waals surface area contributed by atoms with E-state index >= 15 is 0 Å². The van der Waals surface area contributed by atoms with Crippen molar-refractivity contribution in [1.82, 2.24) is 15.5 Å². The van der Waals surface area contributed by atoms with Crippen molar-refractivity contribution in [3.8, 4) is 0 Å². The first-order valence-corrected chi connectivity index (χ1v) is 9.68. The van der Waals surface area contributed by atoms with Gasteiger partial charge in [-0.25, -0.2) is 0 Å². The van der Waals surface area contributed by atoms with Gasteiger partial charge < -0.3 is 15.5 Å². The summed E-state index contributed by atoms with van der Waals surface area (Å²) in [5, 5.41) is 6.65. The Hall–Kier alpha value is -1.59. The molecule has 0 saturated carbocycles. The van der Waals surface area contributed by atoms with Gasteiger partial charge in [-0.15, -0.1) is 0 Å². The number of rotatable bonds is 5. The summed E-state index contributed by atoms with van der Waals surface area (Å²) in [4.78, 5) is 17.4. The fraction of sp³-hybridized carbons (Fsp3) is 0.650. The number of nitrogens with one attached hydrogen (secondary N) is 2. The normalized spacial score (nSPS) is 26.2. The highest BCUT2D eigenvalue weighted by molar-refractivity contribution is 5.79. The molecule has 0 aromatic heterocycles. The van der Waals surface area contributed by atoms with E-state index in [-0.39, 0.29) is 17.9 Å². The summed E-state index contributed by atoms with van der Waals surface area (Å²) in [5.41, 5.74) is 1.31. The molecular weight excluding hydrogens is 312 g/mol. The average molecular weight is 345 g/mol. The maximum absolute atomic E-state index is 12.5. The number of benzene rings is 1. The van der Waals surface area contributed by atoms with Crippen LogP contribution in [0, 0.1) is 5.92 Å². The summed E-state index contributed by atoms with van der Waals surface area (Å²) in [6.07, 6.45) is 1.91. The molecule has 0 bridgehead atoms. The molecule has 1 aromatic carbocycles. The maximum Gasteiger partial charge on any atom is 0.223 e. The topological polar surface area (TPSA) is 47.6 Å². The molecule has 1 amide bonds. The van der Waals surface area contributed by atoms with Gasteiger partial charge in [-0.05, 0) is 45.4 Å². The highest BCUT2D eigenvalue weighted by Gasteiger charge is 2.26. The van der Waals surface area contributed by atoms with Gasteiger partial charge in [0.25, 0.3) is 0 Å². The number of para-hydroxylation sites is 1. The van der Waals surface area contributed by atoms with Gasteiger partial charge in [0.15, 0.2) is 0 Å². The van der Waals surface area contributed by atoms with Crippen LogP contribution in [0.1, 0.15) is 26.7 Å². The SMILES string of the molecule is CC(CN1CCN(c2ccccc2)CC1)NC(=O)[C@H]1CCN[C@@H](C)C1. The summed E-state index contributed by atoms with van der Waals surface area (Å²) in [7, 11) is 0. The van der Waals surface area contributed by atoms with Crippen molar-refractivity contribution in [1.29, 1.82) is 0 Å². The number of amides is 1. The molecule has 1 aromatic rings. The van der Waals surface area contributed by atoms with Gasteiger partial charge in [-0.3, -0.25) is 9.69 Å². The van der Waals surface area contributed by atoms with Gasteiger partial charge in [-0.1, -0.05) is 18.2 Å². The summed E-state index contributed by atoms with van der Waals surface area (Å²) < 4.78 is 0. The second kappa shape index (κ2) is 8.68. The first kappa shape index (κ1) is 18.2. The summed E-state index contributed by atoms with van der Waals surface area (Å²) in [5.74, 6) is 0.414. The first-order valence-electron chi connectivity index (χ1n) is 9.68. The number of nitrogens with zero attached hydrogens (tertiary/aromatic N) is 2. The number of carbonyl (C=O) groups excluding carboxylic acids is 1. The standard InChI is InChI=1S/C20H32N4O/c1-16-14-18(8-9-21-16)20(25)22-17(2)15-23-10-12-24(13-11-23)19-6-4-3-5-7-19/h3-7,16-18,21H,8-15H2,1-2H3,(H,22,25)/t16-,17?,18-/m0/s1. The molecule has 5 heteroatoms. The van der Waals surface area contributed by atoms with Crippen molar-refractivity contribution in [3.05, 3.63) is 30.3 Å². The fourth-order valence-corrected chi connectivity index (χ4v) is 3.99. The van der Waals surface area contributed by atoms with Crippen molar-refractivity contribution in [2.75, 3.05) is 44.2 Å². The zero-order valence-electron chi connectivity index (χ0n) is 15.6. The average Bonchev–Trinajstić information content (AvgIpc) is 2.63. The van der Waals surface area contributed by atoms with E-state index in [1.54, 1.807) is 0 Å². The van der Waals surface area contributed by atoms with E-state index in [0.717, 1.165) is 52.1 Å². The molecule has 3 atom stereocenters. The van der Waals surface area contributed by atoms with Crippen LogP contribution in [-0.2, 0) is 4.79 Å². The Labute approximate surface area is 151 Å². The lowest BCUT2D eigenvalue weighted by molar-refractivity contribution is -0.126. The number of hydrogen-bond acceptors (Lipinski definition) is 4. The van der Waals surface area contributed by atoms with E-state index in [4.69, 9.17) is 0 Å². The molecule has 0 aliphatic carbocycles. The van der Waals surface area contributed by atoms with E-state index in [1.807, 2.05) is 0 Å². The van der Waals surface area contributed by atoms with Crippen LogP contribution in [0.3, 0.4) is 0 Å². The lowest BCUT2D eigenvalue weighted by atomic mass is 9.92. The lowest BCUT2D eigenvalue weighted by Crippen LogP contribution is -2.52. The molecule has 2 saturated heterocycles. The Bertz CT molecular complexity index is 542. The molecule has 2 aliphatic rings. The minimum Gasteiger partial charge on any atom is -0.369 e. The van der Waals surface area contributed by atoms with Gasteiger partial charge in [0, 0.05) is 56.4 Å². The second-order valence-electron chi connectivity index (χ2n) is 7.61. The van der Waals surface area contributed by atoms with Crippen LogP contribution in [0.4, 0.5) is 5.69 Å². The summed E-state index contributed by atoms with van der Waals surface area (Å²) >= 11 is 0. The van der Waals surface area contributed by atoms with Crippen LogP contribution in [-0.4, -0.2) is 62.2 Å². The Balaban J connectivity index is 1.40. The lowest BCUT2D eigenvalue weighted by Gasteiger charge is -2.37.